The lowest BCUT2D eigenvalue weighted by molar-refractivity contribution is -0.384. The summed E-state index contributed by atoms with van der Waals surface area (Å²) in [5, 5.41) is 10.4. The lowest BCUT2D eigenvalue weighted by Gasteiger charge is -1.96. The second kappa shape index (κ2) is 4.53. The highest BCUT2D eigenvalue weighted by atomic mass is 16.6. The van der Waals surface area contributed by atoms with E-state index in [1.807, 2.05) is 13.0 Å². The third kappa shape index (κ3) is 2.67. The maximum atomic E-state index is 10.4. The minimum atomic E-state index is -0.413. The summed E-state index contributed by atoms with van der Waals surface area (Å²) in [6, 6.07) is 6.37. The molecule has 0 atom stereocenters. The van der Waals surface area contributed by atoms with E-state index in [1.165, 1.54) is 12.1 Å². The van der Waals surface area contributed by atoms with Crippen LogP contribution in [-0.2, 0) is 0 Å². The summed E-state index contributed by atoms with van der Waals surface area (Å²) >= 11 is 0. The lowest BCUT2D eigenvalue weighted by atomic mass is 10.1. The van der Waals surface area contributed by atoms with E-state index >= 15 is 0 Å². The van der Waals surface area contributed by atoms with Crippen molar-refractivity contribution in [2.45, 2.75) is 6.92 Å². The molecular formula is C10H12N2O2. The minimum absolute atomic E-state index is 0.104. The predicted octanol–water partition coefficient (Wildman–Crippen LogP) is 1.96. The number of hydrogen-bond acceptors (Lipinski definition) is 3. The van der Waals surface area contributed by atoms with Gasteiger partial charge in [-0.2, -0.15) is 0 Å². The summed E-state index contributed by atoms with van der Waals surface area (Å²) in [6.45, 7) is 2.42. The second-order valence-corrected chi connectivity index (χ2v) is 3.04. The summed E-state index contributed by atoms with van der Waals surface area (Å²) in [5.41, 5.74) is 7.50. The first-order valence-electron chi connectivity index (χ1n) is 4.25. The predicted molar refractivity (Wildman–Crippen MR) is 55.8 cm³/mol. The average Bonchev–Trinajstić information content (AvgIpc) is 2.18. The molecule has 1 aromatic carbocycles. The van der Waals surface area contributed by atoms with Crippen LogP contribution in [0.5, 0.6) is 0 Å². The Balaban J connectivity index is 2.89. The van der Waals surface area contributed by atoms with E-state index in [4.69, 9.17) is 5.73 Å². The van der Waals surface area contributed by atoms with Crippen LogP contribution in [0.1, 0.15) is 12.5 Å². The van der Waals surface area contributed by atoms with Crippen molar-refractivity contribution in [3.05, 3.63) is 45.5 Å². The molecule has 0 radical (unpaired) electrons. The van der Waals surface area contributed by atoms with Crippen molar-refractivity contribution in [3.8, 4) is 0 Å². The van der Waals surface area contributed by atoms with E-state index in [2.05, 4.69) is 0 Å². The van der Waals surface area contributed by atoms with Crippen LogP contribution >= 0.6 is 0 Å². The van der Waals surface area contributed by atoms with Gasteiger partial charge >= 0.3 is 0 Å². The highest BCUT2D eigenvalue weighted by molar-refractivity contribution is 5.54. The second-order valence-electron chi connectivity index (χ2n) is 3.04. The van der Waals surface area contributed by atoms with Crippen molar-refractivity contribution >= 4 is 11.8 Å². The van der Waals surface area contributed by atoms with Gasteiger partial charge in [-0.15, -0.1) is 0 Å². The van der Waals surface area contributed by atoms with Gasteiger partial charge < -0.3 is 5.73 Å². The zero-order chi connectivity index (χ0) is 10.6. The number of nitrogens with two attached hydrogens (primary N) is 1. The Morgan fingerprint density at radius 1 is 1.50 bits per heavy atom. The summed E-state index contributed by atoms with van der Waals surface area (Å²) in [7, 11) is 0. The number of hydrogen-bond donors (Lipinski definition) is 1. The van der Waals surface area contributed by atoms with Crippen LogP contribution in [-0.4, -0.2) is 11.5 Å². The van der Waals surface area contributed by atoms with E-state index in [0.717, 1.165) is 11.1 Å². The van der Waals surface area contributed by atoms with Crippen LogP contribution in [0.25, 0.3) is 6.08 Å². The summed E-state index contributed by atoms with van der Waals surface area (Å²) < 4.78 is 0. The normalized spacial score (nSPS) is 11.4. The van der Waals surface area contributed by atoms with Gasteiger partial charge in [0.15, 0.2) is 0 Å². The fraction of sp³-hybridized carbons (Fsp3) is 0.200. The fourth-order valence-electron chi connectivity index (χ4n) is 1.04. The van der Waals surface area contributed by atoms with Gasteiger partial charge in [0.05, 0.1) is 4.92 Å². The molecule has 0 saturated heterocycles. The molecule has 0 heterocycles. The Kier molecular flexibility index (Phi) is 3.36. The molecule has 0 saturated carbocycles. The molecule has 0 amide bonds. The van der Waals surface area contributed by atoms with Crippen molar-refractivity contribution in [2.24, 2.45) is 5.73 Å². The van der Waals surface area contributed by atoms with Crippen LogP contribution in [0.3, 0.4) is 0 Å². The molecule has 0 bridgehead atoms. The van der Waals surface area contributed by atoms with E-state index < -0.39 is 4.92 Å². The van der Waals surface area contributed by atoms with Gasteiger partial charge in [0, 0.05) is 18.7 Å². The average molecular weight is 192 g/mol. The summed E-state index contributed by atoms with van der Waals surface area (Å²) in [4.78, 5) is 9.95. The third-order valence-electron chi connectivity index (χ3n) is 1.84. The first-order valence-corrected chi connectivity index (χ1v) is 4.25. The molecular weight excluding hydrogens is 180 g/mol. The van der Waals surface area contributed by atoms with Gasteiger partial charge in [0.2, 0.25) is 0 Å². The van der Waals surface area contributed by atoms with Crippen LogP contribution in [0.15, 0.2) is 29.8 Å². The van der Waals surface area contributed by atoms with E-state index in [1.54, 1.807) is 12.1 Å². The molecule has 0 unspecified atom stereocenters. The number of nitro groups is 1. The van der Waals surface area contributed by atoms with Crippen molar-refractivity contribution in [1.82, 2.24) is 0 Å². The lowest BCUT2D eigenvalue weighted by Crippen LogP contribution is -1.99. The molecule has 0 aliphatic rings. The Morgan fingerprint density at radius 3 is 2.50 bits per heavy atom. The molecule has 1 aromatic rings. The molecule has 0 fully saturated rings. The highest BCUT2D eigenvalue weighted by Crippen LogP contribution is 2.13. The van der Waals surface area contributed by atoms with E-state index in [-0.39, 0.29) is 5.69 Å². The molecule has 0 aliphatic heterocycles. The van der Waals surface area contributed by atoms with Crippen LogP contribution in [0.4, 0.5) is 5.69 Å². The minimum Gasteiger partial charge on any atom is -0.327 e. The van der Waals surface area contributed by atoms with Gasteiger partial charge in [0.25, 0.3) is 5.69 Å². The Labute approximate surface area is 82.2 Å². The van der Waals surface area contributed by atoms with Crippen LogP contribution < -0.4 is 5.73 Å². The SMILES string of the molecule is CC(=Cc1ccc([N+](=O)[O-])cc1)CN. The Morgan fingerprint density at radius 2 is 2.07 bits per heavy atom. The maximum absolute atomic E-state index is 10.4. The standard InChI is InChI=1S/C10H12N2O2/c1-8(7-11)6-9-2-4-10(5-3-9)12(13)14/h2-6H,7,11H2,1H3. The van der Waals surface area contributed by atoms with E-state index in [0.29, 0.717) is 6.54 Å². The fourth-order valence-corrected chi connectivity index (χ4v) is 1.04. The van der Waals surface area contributed by atoms with Crippen LogP contribution in [0.2, 0.25) is 0 Å². The smallest absolute Gasteiger partial charge is 0.269 e. The van der Waals surface area contributed by atoms with Gasteiger partial charge in [-0.3, -0.25) is 10.1 Å². The van der Waals surface area contributed by atoms with Gasteiger partial charge in [-0.1, -0.05) is 11.6 Å². The number of nitro benzene ring substituents is 1. The van der Waals surface area contributed by atoms with Gasteiger partial charge in [0.1, 0.15) is 0 Å². The molecule has 74 valence electrons. The molecule has 2 N–H and O–H groups in total. The van der Waals surface area contributed by atoms with Gasteiger partial charge in [-0.25, -0.2) is 0 Å². The molecule has 1 rings (SSSR count). The third-order valence-corrected chi connectivity index (χ3v) is 1.84. The summed E-state index contributed by atoms with van der Waals surface area (Å²) in [6.07, 6.45) is 1.91. The van der Waals surface area contributed by atoms with Gasteiger partial charge in [-0.05, 0) is 24.6 Å². The quantitative estimate of drug-likeness (QED) is 0.587. The molecule has 0 aromatic heterocycles. The van der Waals surface area contributed by atoms with Crippen molar-refractivity contribution in [2.75, 3.05) is 6.54 Å². The number of rotatable bonds is 3. The number of benzene rings is 1. The van der Waals surface area contributed by atoms with E-state index in [9.17, 15) is 10.1 Å². The van der Waals surface area contributed by atoms with Crippen molar-refractivity contribution in [3.63, 3.8) is 0 Å². The number of nitrogens with zero attached hydrogens (tertiary/aromatic N) is 1. The largest absolute Gasteiger partial charge is 0.327 e. The molecule has 0 aliphatic carbocycles. The zero-order valence-electron chi connectivity index (χ0n) is 7.93. The topological polar surface area (TPSA) is 69.2 Å². The highest BCUT2D eigenvalue weighted by Gasteiger charge is 2.02. The molecule has 14 heavy (non-hydrogen) atoms. The Bertz CT molecular complexity index is 355. The summed E-state index contributed by atoms with van der Waals surface area (Å²) in [5.74, 6) is 0. The van der Waals surface area contributed by atoms with Crippen molar-refractivity contribution in [1.29, 1.82) is 0 Å². The molecule has 4 nitrogen and oxygen atoms in total. The Hall–Kier alpha value is -1.68. The maximum Gasteiger partial charge on any atom is 0.269 e. The first-order chi connectivity index (χ1) is 6.63. The number of non-ortho nitro benzene ring substituents is 1. The molecule has 4 heteroatoms. The zero-order valence-corrected chi connectivity index (χ0v) is 7.93. The van der Waals surface area contributed by atoms with Crippen molar-refractivity contribution < 1.29 is 4.92 Å². The monoisotopic (exact) mass is 192 g/mol. The first kappa shape index (κ1) is 10.4. The molecule has 0 spiro atoms. The van der Waals surface area contributed by atoms with Crippen LogP contribution in [0, 0.1) is 10.1 Å².